The van der Waals surface area contributed by atoms with Gasteiger partial charge in [-0.15, -0.1) is 11.3 Å². The summed E-state index contributed by atoms with van der Waals surface area (Å²) in [5.74, 6) is -0.398. The van der Waals surface area contributed by atoms with Gasteiger partial charge in [0.1, 0.15) is 0 Å². The van der Waals surface area contributed by atoms with Crippen molar-refractivity contribution < 1.29 is 14.7 Å². The number of carboxylic acid groups (broad SMARTS) is 1. The van der Waals surface area contributed by atoms with E-state index in [9.17, 15) is 9.59 Å². The number of carbonyl (C=O) groups excluding carboxylic acids is 1. The van der Waals surface area contributed by atoms with Crippen LogP contribution >= 0.6 is 11.3 Å². The lowest BCUT2D eigenvalue weighted by Crippen LogP contribution is -2.39. The fourth-order valence-corrected chi connectivity index (χ4v) is 4.27. The predicted octanol–water partition coefficient (Wildman–Crippen LogP) is 4.44. The van der Waals surface area contributed by atoms with E-state index in [1.165, 1.54) is 16.9 Å². The number of benzene rings is 1. The normalized spacial score (nSPS) is 17.5. The van der Waals surface area contributed by atoms with E-state index in [2.05, 4.69) is 31.2 Å². The monoisotopic (exact) mass is 357 g/mol. The fourth-order valence-electron chi connectivity index (χ4n) is 3.39. The summed E-state index contributed by atoms with van der Waals surface area (Å²) in [6.45, 7) is 3.47. The van der Waals surface area contributed by atoms with Crippen molar-refractivity contribution >= 4 is 23.2 Å². The van der Waals surface area contributed by atoms with Gasteiger partial charge in [-0.2, -0.15) is 0 Å². The van der Waals surface area contributed by atoms with E-state index in [1.54, 1.807) is 0 Å². The summed E-state index contributed by atoms with van der Waals surface area (Å²) < 4.78 is 0. The summed E-state index contributed by atoms with van der Waals surface area (Å²) >= 11 is 1.48. The molecular weight excluding hydrogens is 334 g/mol. The molecule has 1 aromatic heterocycles. The molecular formula is C20H23NO3S. The zero-order chi connectivity index (χ0) is 17.8. The van der Waals surface area contributed by atoms with E-state index >= 15 is 0 Å². The summed E-state index contributed by atoms with van der Waals surface area (Å²) in [4.78, 5) is 26.5. The van der Waals surface area contributed by atoms with Crippen molar-refractivity contribution in [2.75, 3.05) is 13.1 Å². The third-order valence-corrected chi connectivity index (χ3v) is 5.70. The first-order valence-corrected chi connectivity index (χ1v) is 9.58. The molecule has 1 aliphatic rings. The number of aliphatic carboxylic acids is 1. The highest BCUT2D eigenvalue weighted by atomic mass is 32.1. The molecule has 1 N–H and O–H groups in total. The summed E-state index contributed by atoms with van der Waals surface area (Å²) in [6, 6.07) is 10.2. The lowest BCUT2D eigenvalue weighted by atomic mass is 9.93. The highest BCUT2D eigenvalue weighted by Gasteiger charge is 2.27. The van der Waals surface area contributed by atoms with Crippen LogP contribution in [0.4, 0.5) is 0 Å². The number of carboxylic acids is 1. The van der Waals surface area contributed by atoms with E-state index < -0.39 is 5.97 Å². The van der Waals surface area contributed by atoms with E-state index in [1.807, 2.05) is 16.3 Å². The van der Waals surface area contributed by atoms with Crippen molar-refractivity contribution in [3.63, 3.8) is 0 Å². The smallest absolute Gasteiger partial charge is 0.303 e. The van der Waals surface area contributed by atoms with Crippen LogP contribution < -0.4 is 0 Å². The topological polar surface area (TPSA) is 57.6 Å². The molecule has 1 aliphatic heterocycles. The second-order valence-corrected chi connectivity index (χ2v) is 7.64. The molecule has 132 valence electrons. The average Bonchev–Trinajstić information content (AvgIpc) is 3.10. The summed E-state index contributed by atoms with van der Waals surface area (Å²) in [5, 5.41) is 10.8. The zero-order valence-electron chi connectivity index (χ0n) is 14.4. The molecule has 5 heteroatoms. The number of rotatable bonds is 5. The average molecular weight is 357 g/mol. The van der Waals surface area contributed by atoms with Crippen LogP contribution in [-0.4, -0.2) is 35.0 Å². The number of hydrogen-bond donors (Lipinski definition) is 1. The Morgan fingerprint density at radius 1 is 1.24 bits per heavy atom. The Morgan fingerprint density at radius 2 is 2.00 bits per heavy atom. The first-order valence-electron chi connectivity index (χ1n) is 8.70. The SMILES string of the molecule is Cc1ccc(-c2ccsc2C(=O)N2CCCC(CCC(=O)O)C2)cc1. The van der Waals surface area contributed by atoms with Crippen LogP contribution in [0.25, 0.3) is 11.1 Å². The first kappa shape index (κ1) is 17.7. The number of amides is 1. The van der Waals surface area contributed by atoms with Crippen molar-refractivity contribution in [1.29, 1.82) is 0 Å². The molecule has 25 heavy (non-hydrogen) atoms. The van der Waals surface area contributed by atoms with Crippen molar-refractivity contribution in [3.05, 3.63) is 46.2 Å². The van der Waals surface area contributed by atoms with E-state index in [0.717, 1.165) is 35.4 Å². The Bertz CT molecular complexity index is 751. The van der Waals surface area contributed by atoms with Crippen LogP contribution in [0, 0.1) is 12.8 Å². The van der Waals surface area contributed by atoms with Crippen LogP contribution in [0.1, 0.15) is 40.9 Å². The van der Waals surface area contributed by atoms with Crippen LogP contribution in [0.3, 0.4) is 0 Å². The van der Waals surface area contributed by atoms with Gasteiger partial charge in [0.25, 0.3) is 5.91 Å². The minimum absolute atomic E-state index is 0.0746. The molecule has 2 aromatic rings. The predicted molar refractivity (Wildman–Crippen MR) is 100.0 cm³/mol. The summed E-state index contributed by atoms with van der Waals surface area (Å²) in [7, 11) is 0. The minimum atomic E-state index is -0.761. The molecule has 1 amide bonds. The number of nitrogens with zero attached hydrogens (tertiary/aromatic N) is 1. The molecule has 4 nitrogen and oxygen atoms in total. The van der Waals surface area contributed by atoms with Crippen LogP contribution in [0.2, 0.25) is 0 Å². The Labute approximate surface area is 152 Å². The Kier molecular flexibility index (Phi) is 5.53. The molecule has 1 fully saturated rings. The second-order valence-electron chi connectivity index (χ2n) is 6.72. The van der Waals surface area contributed by atoms with Crippen molar-refractivity contribution in [3.8, 4) is 11.1 Å². The van der Waals surface area contributed by atoms with Crippen LogP contribution in [-0.2, 0) is 4.79 Å². The van der Waals surface area contributed by atoms with Crippen molar-refractivity contribution in [2.24, 2.45) is 5.92 Å². The molecule has 2 heterocycles. The lowest BCUT2D eigenvalue weighted by molar-refractivity contribution is -0.137. The maximum atomic E-state index is 13.0. The maximum absolute atomic E-state index is 13.0. The number of likely N-dealkylation sites (tertiary alicyclic amines) is 1. The van der Waals surface area contributed by atoms with Gasteiger partial charge < -0.3 is 10.0 Å². The Morgan fingerprint density at radius 3 is 2.72 bits per heavy atom. The third kappa shape index (κ3) is 4.28. The van der Waals surface area contributed by atoms with Crippen molar-refractivity contribution in [1.82, 2.24) is 4.90 Å². The number of carbonyl (C=O) groups is 2. The first-order chi connectivity index (χ1) is 12.0. The fraction of sp³-hybridized carbons (Fsp3) is 0.400. The van der Waals surface area contributed by atoms with Gasteiger partial charge in [0.15, 0.2) is 0 Å². The van der Waals surface area contributed by atoms with E-state index in [0.29, 0.717) is 13.0 Å². The third-order valence-electron chi connectivity index (χ3n) is 4.79. The van der Waals surface area contributed by atoms with Gasteiger partial charge in [-0.25, -0.2) is 0 Å². The number of piperidine rings is 1. The van der Waals surface area contributed by atoms with Gasteiger partial charge in [0, 0.05) is 25.1 Å². The highest BCUT2D eigenvalue weighted by molar-refractivity contribution is 7.12. The molecule has 0 aliphatic carbocycles. The van der Waals surface area contributed by atoms with Gasteiger partial charge in [-0.1, -0.05) is 29.8 Å². The van der Waals surface area contributed by atoms with Crippen molar-refractivity contribution in [2.45, 2.75) is 32.6 Å². The Balaban J connectivity index is 1.74. The van der Waals surface area contributed by atoms with Crippen LogP contribution in [0.5, 0.6) is 0 Å². The molecule has 0 bridgehead atoms. The molecule has 1 saturated heterocycles. The minimum Gasteiger partial charge on any atom is -0.481 e. The Hall–Kier alpha value is -2.14. The second kappa shape index (κ2) is 7.83. The lowest BCUT2D eigenvalue weighted by Gasteiger charge is -2.32. The highest BCUT2D eigenvalue weighted by Crippen LogP contribution is 2.31. The molecule has 3 rings (SSSR count). The molecule has 1 unspecified atom stereocenters. The quantitative estimate of drug-likeness (QED) is 0.860. The van der Waals surface area contributed by atoms with Gasteiger partial charge in [-0.3, -0.25) is 9.59 Å². The summed E-state index contributed by atoms with van der Waals surface area (Å²) in [6.07, 6.45) is 2.78. The molecule has 1 atom stereocenters. The molecule has 0 saturated carbocycles. The maximum Gasteiger partial charge on any atom is 0.303 e. The number of thiophene rings is 1. The molecule has 0 spiro atoms. The van der Waals surface area contributed by atoms with Gasteiger partial charge >= 0.3 is 5.97 Å². The molecule has 1 aromatic carbocycles. The number of aryl methyl sites for hydroxylation is 1. The standard InChI is InChI=1S/C20H23NO3S/c1-14-4-7-16(8-5-14)17-10-12-25-19(17)20(24)21-11-2-3-15(13-21)6-9-18(22)23/h4-5,7-8,10,12,15H,2-3,6,9,11,13H2,1H3,(H,22,23). The van der Waals surface area contributed by atoms with E-state index in [4.69, 9.17) is 5.11 Å². The summed E-state index contributed by atoms with van der Waals surface area (Å²) in [5.41, 5.74) is 3.25. The van der Waals surface area contributed by atoms with E-state index in [-0.39, 0.29) is 18.2 Å². The zero-order valence-corrected chi connectivity index (χ0v) is 15.2. The van der Waals surface area contributed by atoms with Gasteiger partial charge in [0.2, 0.25) is 0 Å². The number of hydrogen-bond acceptors (Lipinski definition) is 3. The van der Waals surface area contributed by atoms with Crippen LogP contribution in [0.15, 0.2) is 35.7 Å². The largest absolute Gasteiger partial charge is 0.481 e. The van der Waals surface area contributed by atoms with Gasteiger partial charge in [-0.05, 0) is 49.1 Å². The van der Waals surface area contributed by atoms with Gasteiger partial charge in [0.05, 0.1) is 4.88 Å². The molecule has 0 radical (unpaired) electrons.